The van der Waals surface area contributed by atoms with E-state index in [-0.39, 0.29) is 6.04 Å². The quantitative estimate of drug-likeness (QED) is 0.542. The molecule has 19 heavy (non-hydrogen) atoms. The molecule has 0 rings (SSSR count). The molecule has 3 nitrogen and oxygen atoms in total. The van der Waals surface area contributed by atoms with Crippen LogP contribution in [0.5, 0.6) is 0 Å². The highest BCUT2D eigenvalue weighted by atomic mass is 16.4. The van der Waals surface area contributed by atoms with Gasteiger partial charge in [0.2, 0.25) is 0 Å². The molecule has 114 valence electrons. The van der Waals surface area contributed by atoms with Crippen molar-refractivity contribution in [2.24, 2.45) is 5.92 Å². The van der Waals surface area contributed by atoms with Crippen LogP contribution in [0.25, 0.3) is 0 Å². The van der Waals surface area contributed by atoms with Crippen molar-refractivity contribution in [3.8, 4) is 0 Å². The minimum Gasteiger partial charge on any atom is -0.480 e. The summed E-state index contributed by atoms with van der Waals surface area (Å²) in [5.74, 6) is -0.253. The second kappa shape index (κ2) is 11.3. The zero-order chi connectivity index (χ0) is 14.7. The average molecular weight is 271 g/mol. The van der Waals surface area contributed by atoms with Gasteiger partial charge in [-0.25, -0.2) is 0 Å². The summed E-state index contributed by atoms with van der Waals surface area (Å²) in [5.41, 5.74) is 0. The van der Waals surface area contributed by atoms with Crippen molar-refractivity contribution >= 4 is 5.97 Å². The molecule has 0 bridgehead atoms. The summed E-state index contributed by atoms with van der Waals surface area (Å²) in [5, 5.41) is 9.25. The van der Waals surface area contributed by atoms with Crippen LogP contribution in [0.15, 0.2) is 0 Å². The van der Waals surface area contributed by atoms with Crippen molar-refractivity contribution in [3.05, 3.63) is 0 Å². The standard InChI is InChI=1S/C16H33NO2/c1-5-6-7-8-9-10-11-12-17(4)15(16(18)19)13-14(2)3/h14-15H,5-13H2,1-4H3,(H,18,19)/t15-/m0/s1. The second-order valence-corrected chi connectivity index (χ2v) is 6.09. The molecule has 0 aliphatic carbocycles. The lowest BCUT2D eigenvalue weighted by Crippen LogP contribution is -2.39. The molecule has 0 aromatic rings. The van der Waals surface area contributed by atoms with E-state index < -0.39 is 5.97 Å². The minimum atomic E-state index is -0.681. The van der Waals surface area contributed by atoms with E-state index in [4.69, 9.17) is 0 Å². The van der Waals surface area contributed by atoms with Crippen LogP contribution in [0.2, 0.25) is 0 Å². The van der Waals surface area contributed by atoms with E-state index in [2.05, 4.69) is 20.8 Å². The van der Waals surface area contributed by atoms with E-state index in [9.17, 15) is 9.90 Å². The third kappa shape index (κ3) is 9.94. The Morgan fingerprint density at radius 3 is 2.05 bits per heavy atom. The third-order valence-electron chi connectivity index (χ3n) is 3.63. The van der Waals surface area contributed by atoms with Crippen molar-refractivity contribution in [1.82, 2.24) is 4.90 Å². The van der Waals surface area contributed by atoms with Crippen LogP contribution in [-0.4, -0.2) is 35.6 Å². The highest BCUT2D eigenvalue weighted by Crippen LogP contribution is 2.13. The molecule has 0 heterocycles. The summed E-state index contributed by atoms with van der Waals surface area (Å²) >= 11 is 0. The molecule has 0 unspecified atom stereocenters. The number of nitrogens with zero attached hydrogens (tertiary/aromatic N) is 1. The summed E-state index contributed by atoms with van der Waals surface area (Å²) in [6.45, 7) is 7.29. The summed E-state index contributed by atoms with van der Waals surface area (Å²) in [7, 11) is 1.94. The summed E-state index contributed by atoms with van der Waals surface area (Å²) in [6, 6.07) is -0.319. The monoisotopic (exact) mass is 271 g/mol. The maximum atomic E-state index is 11.2. The lowest BCUT2D eigenvalue weighted by Gasteiger charge is -2.25. The second-order valence-electron chi connectivity index (χ2n) is 6.09. The number of carboxylic acid groups (broad SMARTS) is 1. The SMILES string of the molecule is CCCCCCCCCN(C)[C@@H](CC(C)C)C(=O)O. The fraction of sp³-hybridized carbons (Fsp3) is 0.938. The molecule has 0 aromatic heterocycles. The summed E-state index contributed by atoms with van der Waals surface area (Å²) < 4.78 is 0. The molecular formula is C16H33NO2. The molecule has 0 aliphatic heterocycles. The van der Waals surface area contributed by atoms with E-state index in [1.807, 2.05) is 11.9 Å². The first-order valence-corrected chi connectivity index (χ1v) is 7.92. The van der Waals surface area contributed by atoms with Gasteiger partial charge in [-0.1, -0.05) is 59.3 Å². The minimum absolute atomic E-state index is 0.319. The molecule has 0 saturated carbocycles. The van der Waals surface area contributed by atoms with Gasteiger partial charge in [-0.2, -0.15) is 0 Å². The zero-order valence-electron chi connectivity index (χ0n) is 13.3. The van der Waals surface area contributed by atoms with Crippen LogP contribution < -0.4 is 0 Å². The average Bonchev–Trinajstić information content (AvgIpc) is 2.34. The highest BCUT2D eigenvalue weighted by Gasteiger charge is 2.22. The number of carboxylic acids is 1. The van der Waals surface area contributed by atoms with E-state index in [1.165, 1.54) is 38.5 Å². The molecule has 0 saturated heterocycles. The van der Waals surface area contributed by atoms with Gasteiger partial charge in [-0.3, -0.25) is 9.69 Å². The molecule has 0 aliphatic rings. The van der Waals surface area contributed by atoms with E-state index in [0.29, 0.717) is 5.92 Å². The molecule has 0 aromatic carbocycles. The lowest BCUT2D eigenvalue weighted by molar-refractivity contribution is -0.143. The smallest absolute Gasteiger partial charge is 0.320 e. The van der Waals surface area contributed by atoms with Crippen LogP contribution in [0.3, 0.4) is 0 Å². The Kier molecular flexibility index (Phi) is 10.9. The molecule has 1 N–H and O–H groups in total. The largest absolute Gasteiger partial charge is 0.480 e. The Morgan fingerprint density at radius 1 is 1.05 bits per heavy atom. The fourth-order valence-electron chi connectivity index (χ4n) is 2.39. The number of rotatable bonds is 12. The topological polar surface area (TPSA) is 40.5 Å². The van der Waals surface area contributed by atoms with Crippen molar-refractivity contribution in [2.45, 2.75) is 78.2 Å². The van der Waals surface area contributed by atoms with Crippen LogP contribution >= 0.6 is 0 Å². The lowest BCUT2D eigenvalue weighted by atomic mass is 10.0. The Morgan fingerprint density at radius 2 is 1.58 bits per heavy atom. The Hall–Kier alpha value is -0.570. The van der Waals surface area contributed by atoms with Gasteiger partial charge in [-0.05, 0) is 32.4 Å². The molecule has 0 spiro atoms. The van der Waals surface area contributed by atoms with Gasteiger partial charge in [0.05, 0.1) is 0 Å². The van der Waals surface area contributed by atoms with Crippen molar-refractivity contribution < 1.29 is 9.90 Å². The molecule has 0 fully saturated rings. The van der Waals surface area contributed by atoms with Gasteiger partial charge >= 0.3 is 5.97 Å². The molecule has 0 radical (unpaired) electrons. The van der Waals surface area contributed by atoms with Crippen LogP contribution in [-0.2, 0) is 4.79 Å². The Balaban J connectivity index is 3.75. The summed E-state index contributed by atoms with van der Waals surface area (Å²) in [6.07, 6.45) is 9.67. The van der Waals surface area contributed by atoms with Gasteiger partial charge in [0.15, 0.2) is 0 Å². The predicted octanol–water partition coefficient (Wildman–Crippen LogP) is 4.17. The maximum absolute atomic E-state index is 11.2. The summed E-state index contributed by atoms with van der Waals surface area (Å²) in [4.78, 5) is 13.3. The normalized spacial score (nSPS) is 13.2. The van der Waals surface area contributed by atoms with E-state index in [1.54, 1.807) is 0 Å². The Bertz CT molecular complexity index is 229. The van der Waals surface area contributed by atoms with Crippen LogP contribution in [0, 0.1) is 5.92 Å². The van der Waals surface area contributed by atoms with Gasteiger partial charge in [0.25, 0.3) is 0 Å². The molecule has 1 atom stereocenters. The van der Waals surface area contributed by atoms with Crippen molar-refractivity contribution in [1.29, 1.82) is 0 Å². The zero-order valence-corrected chi connectivity index (χ0v) is 13.3. The first kappa shape index (κ1) is 18.4. The predicted molar refractivity (Wildman–Crippen MR) is 81.5 cm³/mol. The van der Waals surface area contributed by atoms with Crippen LogP contribution in [0.4, 0.5) is 0 Å². The number of hydrogen-bond acceptors (Lipinski definition) is 2. The van der Waals surface area contributed by atoms with Gasteiger partial charge in [-0.15, -0.1) is 0 Å². The first-order chi connectivity index (χ1) is 8.99. The molecule has 3 heteroatoms. The van der Waals surface area contributed by atoms with Crippen molar-refractivity contribution in [2.75, 3.05) is 13.6 Å². The molecular weight excluding hydrogens is 238 g/mol. The number of carbonyl (C=O) groups is 1. The first-order valence-electron chi connectivity index (χ1n) is 7.92. The number of aliphatic carboxylic acids is 1. The third-order valence-corrected chi connectivity index (χ3v) is 3.63. The van der Waals surface area contributed by atoms with Crippen molar-refractivity contribution in [3.63, 3.8) is 0 Å². The molecule has 0 amide bonds. The number of hydrogen-bond donors (Lipinski definition) is 1. The van der Waals surface area contributed by atoms with E-state index >= 15 is 0 Å². The van der Waals surface area contributed by atoms with Gasteiger partial charge in [0.1, 0.15) is 6.04 Å². The van der Waals surface area contributed by atoms with E-state index in [0.717, 1.165) is 19.4 Å². The number of unbranched alkanes of at least 4 members (excludes halogenated alkanes) is 6. The highest BCUT2D eigenvalue weighted by molar-refractivity contribution is 5.73. The Labute approximate surface area is 119 Å². The number of likely N-dealkylation sites (N-methyl/N-ethyl adjacent to an activating group) is 1. The van der Waals surface area contributed by atoms with Gasteiger partial charge in [0, 0.05) is 0 Å². The van der Waals surface area contributed by atoms with Gasteiger partial charge < -0.3 is 5.11 Å². The van der Waals surface area contributed by atoms with Crippen LogP contribution in [0.1, 0.15) is 72.1 Å². The maximum Gasteiger partial charge on any atom is 0.320 e. The fourth-order valence-corrected chi connectivity index (χ4v) is 2.39.